The minimum absolute atomic E-state index is 0.372. The molecule has 0 saturated heterocycles. The first-order chi connectivity index (χ1) is 10.0. The number of nitrogens with zero attached hydrogens (tertiary/aromatic N) is 2. The highest BCUT2D eigenvalue weighted by Crippen LogP contribution is 2.19. The second-order valence-corrected chi connectivity index (χ2v) is 6.25. The standard InChI is InChI=1S/C16H28N4O/c1-11(2)15-10-12(3)19-16(20-15)18-8-9-21-14-6-4-13(17)5-7-14/h10-11,13-14H,4-9,17H2,1-3H3,(H,18,19,20). The van der Waals surface area contributed by atoms with Crippen molar-refractivity contribution in [3.05, 3.63) is 17.5 Å². The van der Waals surface area contributed by atoms with E-state index in [0.717, 1.165) is 43.6 Å². The first-order valence-corrected chi connectivity index (χ1v) is 8.01. The summed E-state index contributed by atoms with van der Waals surface area (Å²) in [6.07, 6.45) is 4.70. The number of nitrogens with one attached hydrogen (secondary N) is 1. The zero-order chi connectivity index (χ0) is 15.2. The number of hydrogen-bond acceptors (Lipinski definition) is 5. The summed E-state index contributed by atoms with van der Waals surface area (Å²) in [6, 6.07) is 2.41. The van der Waals surface area contributed by atoms with E-state index in [-0.39, 0.29) is 0 Å². The molecule has 21 heavy (non-hydrogen) atoms. The van der Waals surface area contributed by atoms with Crippen molar-refractivity contribution in [2.45, 2.75) is 64.5 Å². The molecular formula is C16H28N4O. The van der Waals surface area contributed by atoms with E-state index in [2.05, 4.69) is 29.1 Å². The van der Waals surface area contributed by atoms with Crippen LogP contribution in [-0.4, -0.2) is 35.3 Å². The summed E-state index contributed by atoms with van der Waals surface area (Å²) >= 11 is 0. The smallest absolute Gasteiger partial charge is 0.223 e. The van der Waals surface area contributed by atoms with Gasteiger partial charge in [0.15, 0.2) is 0 Å². The van der Waals surface area contributed by atoms with Gasteiger partial charge in [-0.05, 0) is 44.6 Å². The maximum atomic E-state index is 5.90. The molecule has 0 spiro atoms. The third-order valence-electron chi connectivity index (χ3n) is 3.92. The van der Waals surface area contributed by atoms with Gasteiger partial charge in [-0.3, -0.25) is 0 Å². The quantitative estimate of drug-likeness (QED) is 0.788. The van der Waals surface area contributed by atoms with Crippen LogP contribution in [0.5, 0.6) is 0 Å². The number of nitrogens with two attached hydrogens (primary N) is 1. The predicted octanol–water partition coefficient (Wildman–Crippen LogP) is 2.61. The fourth-order valence-corrected chi connectivity index (χ4v) is 2.61. The number of ether oxygens (including phenoxy) is 1. The zero-order valence-electron chi connectivity index (χ0n) is 13.4. The molecule has 1 saturated carbocycles. The second kappa shape index (κ2) is 7.71. The van der Waals surface area contributed by atoms with Gasteiger partial charge in [0, 0.05) is 24.0 Å². The van der Waals surface area contributed by atoms with Crippen LogP contribution >= 0.6 is 0 Å². The maximum Gasteiger partial charge on any atom is 0.223 e. The van der Waals surface area contributed by atoms with Gasteiger partial charge in [0.25, 0.3) is 0 Å². The molecule has 2 rings (SSSR count). The lowest BCUT2D eigenvalue weighted by molar-refractivity contribution is 0.0312. The minimum atomic E-state index is 0.372. The number of hydrogen-bond donors (Lipinski definition) is 2. The molecule has 1 heterocycles. The highest BCUT2D eigenvalue weighted by molar-refractivity contribution is 5.28. The van der Waals surface area contributed by atoms with Crippen LogP contribution in [0.4, 0.5) is 5.95 Å². The second-order valence-electron chi connectivity index (χ2n) is 6.25. The van der Waals surface area contributed by atoms with Gasteiger partial charge in [-0.1, -0.05) is 13.8 Å². The van der Waals surface area contributed by atoms with Crippen LogP contribution in [0.3, 0.4) is 0 Å². The van der Waals surface area contributed by atoms with E-state index < -0.39 is 0 Å². The van der Waals surface area contributed by atoms with Gasteiger partial charge in [0.05, 0.1) is 12.7 Å². The third-order valence-corrected chi connectivity index (χ3v) is 3.92. The van der Waals surface area contributed by atoms with Crippen molar-refractivity contribution in [3.8, 4) is 0 Å². The molecule has 3 N–H and O–H groups in total. The van der Waals surface area contributed by atoms with Crippen LogP contribution in [-0.2, 0) is 4.74 Å². The Labute approximate surface area is 127 Å². The molecule has 1 aliphatic rings. The Hall–Kier alpha value is -1.20. The SMILES string of the molecule is Cc1cc(C(C)C)nc(NCCOC2CCC(N)CC2)n1. The Kier molecular flexibility index (Phi) is 5.94. The molecule has 0 amide bonds. The van der Waals surface area contributed by atoms with Crippen molar-refractivity contribution in [3.63, 3.8) is 0 Å². The van der Waals surface area contributed by atoms with Crippen molar-refractivity contribution in [1.29, 1.82) is 0 Å². The zero-order valence-corrected chi connectivity index (χ0v) is 13.4. The summed E-state index contributed by atoms with van der Waals surface area (Å²) in [5.41, 5.74) is 7.97. The van der Waals surface area contributed by atoms with Crippen LogP contribution in [0.15, 0.2) is 6.07 Å². The van der Waals surface area contributed by atoms with Gasteiger partial charge >= 0.3 is 0 Å². The highest BCUT2D eigenvalue weighted by atomic mass is 16.5. The monoisotopic (exact) mass is 292 g/mol. The van der Waals surface area contributed by atoms with Crippen molar-refractivity contribution in [1.82, 2.24) is 9.97 Å². The predicted molar refractivity (Wildman–Crippen MR) is 85.5 cm³/mol. The van der Waals surface area contributed by atoms with Gasteiger partial charge in [0.1, 0.15) is 0 Å². The molecule has 1 aromatic rings. The summed E-state index contributed by atoms with van der Waals surface area (Å²) < 4.78 is 5.89. The van der Waals surface area contributed by atoms with E-state index in [0.29, 0.717) is 30.6 Å². The van der Waals surface area contributed by atoms with Crippen LogP contribution < -0.4 is 11.1 Å². The molecule has 0 unspecified atom stereocenters. The Morgan fingerprint density at radius 2 is 2.00 bits per heavy atom. The van der Waals surface area contributed by atoms with E-state index in [9.17, 15) is 0 Å². The molecule has 0 atom stereocenters. The van der Waals surface area contributed by atoms with Crippen LogP contribution in [0.2, 0.25) is 0 Å². The Balaban J connectivity index is 1.73. The molecule has 118 valence electrons. The van der Waals surface area contributed by atoms with Crippen molar-refractivity contribution in [2.75, 3.05) is 18.5 Å². The molecule has 0 bridgehead atoms. The third kappa shape index (κ3) is 5.25. The van der Waals surface area contributed by atoms with E-state index in [1.165, 1.54) is 0 Å². The van der Waals surface area contributed by atoms with Gasteiger partial charge < -0.3 is 15.8 Å². The van der Waals surface area contributed by atoms with Gasteiger partial charge in [-0.2, -0.15) is 0 Å². The summed E-state index contributed by atoms with van der Waals surface area (Å²) in [5, 5.41) is 3.26. The average molecular weight is 292 g/mol. The largest absolute Gasteiger partial charge is 0.376 e. The molecule has 5 nitrogen and oxygen atoms in total. The van der Waals surface area contributed by atoms with Crippen molar-refractivity contribution in [2.24, 2.45) is 5.73 Å². The average Bonchev–Trinajstić information content (AvgIpc) is 2.45. The van der Waals surface area contributed by atoms with E-state index in [4.69, 9.17) is 10.5 Å². The first-order valence-electron chi connectivity index (χ1n) is 8.01. The van der Waals surface area contributed by atoms with Crippen molar-refractivity contribution < 1.29 is 4.74 Å². The molecule has 5 heteroatoms. The van der Waals surface area contributed by atoms with E-state index in [1.807, 2.05) is 13.0 Å². The molecule has 0 aliphatic heterocycles. The topological polar surface area (TPSA) is 73.1 Å². The van der Waals surface area contributed by atoms with Gasteiger partial charge in [0.2, 0.25) is 5.95 Å². The Morgan fingerprint density at radius 3 is 2.67 bits per heavy atom. The lowest BCUT2D eigenvalue weighted by Gasteiger charge is -2.26. The summed E-state index contributed by atoms with van der Waals surface area (Å²) in [5.74, 6) is 1.11. The Bertz CT molecular complexity index is 442. The number of aryl methyl sites for hydroxylation is 1. The molecule has 0 aromatic carbocycles. The molecule has 1 fully saturated rings. The maximum absolute atomic E-state index is 5.90. The Morgan fingerprint density at radius 1 is 1.29 bits per heavy atom. The molecule has 1 aliphatic carbocycles. The van der Waals surface area contributed by atoms with Crippen LogP contribution in [0, 0.1) is 6.92 Å². The van der Waals surface area contributed by atoms with E-state index in [1.54, 1.807) is 0 Å². The molecule has 1 aromatic heterocycles. The molecule has 0 radical (unpaired) electrons. The molecular weight excluding hydrogens is 264 g/mol. The first kappa shape index (κ1) is 16.2. The normalized spacial score (nSPS) is 22.5. The van der Waals surface area contributed by atoms with Gasteiger partial charge in [-0.15, -0.1) is 0 Å². The number of rotatable bonds is 6. The number of aromatic nitrogens is 2. The van der Waals surface area contributed by atoms with Crippen LogP contribution in [0.1, 0.15) is 56.8 Å². The lowest BCUT2D eigenvalue weighted by atomic mass is 9.94. The van der Waals surface area contributed by atoms with Crippen LogP contribution in [0.25, 0.3) is 0 Å². The van der Waals surface area contributed by atoms with E-state index >= 15 is 0 Å². The summed E-state index contributed by atoms with van der Waals surface area (Å²) in [6.45, 7) is 7.71. The fraction of sp³-hybridized carbons (Fsp3) is 0.750. The highest BCUT2D eigenvalue weighted by Gasteiger charge is 2.18. The van der Waals surface area contributed by atoms with Crippen molar-refractivity contribution >= 4 is 5.95 Å². The number of anilines is 1. The lowest BCUT2D eigenvalue weighted by Crippen LogP contribution is -2.31. The van der Waals surface area contributed by atoms with Gasteiger partial charge in [-0.25, -0.2) is 9.97 Å². The minimum Gasteiger partial charge on any atom is -0.376 e. The summed E-state index contributed by atoms with van der Waals surface area (Å²) in [7, 11) is 0. The fourth-order valence-electron chi connectivity index (χ4n) is 2.61. The summed E-state index contributed by atoms with van der Waals surface area (Å²) in [4.78, 5) is 8.95.